The minimum absolute atomic E-state index is 0.447. The normalized spacial score (nSPS) is 14.9. The van der Waals surface area contributed by atoms with Crippen LogP contribution in [0.3, 0.4) is 0 Å². The molecular weight excluding hydrogens is 292 g/mol. The van der Waals surface area contributed by atoms with Crippen molar-refractivity contribution in [3.05, 3.63) is 41.6 Å². The molecule has 120 valence electrons. The van der Waals surface area contributed by atoms with Gasteiger partial charge in [-0.05, 0) is 19.9 Å². The monoisotopic (exact) mass is 312 g/mol. The molecule has 0 aromatic carbocycles. The molecule has 0 radical (unpaired) electrons. The number of nitrogens with zero attached hydrogens (tertiary/aromatic N) is 5. The number of hydrogen-bond donors (Lipinski definition) is 1. The van der Waals surface area contributed by atoms with Gasteiger partial charge in [0.2, 0.25) is 0 Å². The summed E-state index contributed by atoms with van der Waals surface area (Å²) in [6.45, 7) is 7.14. The molecule has 0 unspecified atom stereocenters. The van der Waals surface area contributed by atoms with Gasteiger partial charge in [0.25, 0.3) is 5.91 Å². The molecule has 0 bridgehead atoms. The molecule has 1 amide bonds. The number of piperazine rings is 1. The highest BCUT2D eigenvalue weighted by Gasteiger charge is 2.21. The van der Waals surface area contributed by atoms with Crippen molar-refractivity contribution in [1.82, 2.24) is 15.0 Å². The quantitative estimate of drug-likeness (QED) is 0.906. The lowest BCUT2D eigenvalue weighted by Gasteiger charge is -2.37. The Balaban J connectivity index is 1.75. The summed E-state index contributed by atoms with van der Waals surface area (Å²) >= 11 is 0. The summed E-state index contributed by atoms with van der Waals surface area (Å²) in [5, 5.41) is 0. The standard InChI is InChI=1S/C16H20N6O/c1-11-9-15(20-12(2)19-11)22-7-5-21(6-8-22)14-3-4-18-10-13(14)16(17)23/h3-4,9-10H,5-8H2,1-2H3,(H2,17,23). The van der Waals surface area contributed by atoms with E-state index in [1.807, 2.05) is 26.0 Å². The number of carbonyl (C=O) groups excluding carboxylic acids is 1. The fourth-order valence-corrected chi connectivity index (χ4v) is 2.89. The number of aryl methyl sites for hydroxylation is 2. The summed E-state index contributed by atoms with van der Waals surface area (Å²) in [6.07, 6.45) is 3.21. The van der Waals surface area contributed by atoms with Crippen LogP contribution in [0.1, 0.15) is 21.9 Å². The second kappa shape index (κ2) is 6.20. The third-order valence-corrected chi connectivity index (χ3v) is 3.96. The van der Waals surface area contributed by atoms with Gasteiger partial charge in [0.1, 0.15) is 11.6 Å². The van der Waals surface area contributed by atoms with Gasteiger partial charge in [0.15, 0.2) is 0 Å². The van der Waals surface area contributed by atoms with Gasteiger partial charge in [0, 0.05) is 50.3 Å². The van der Waals surface area contributed by atoms with Gasteiger partial charge in [-0.2, -0.15) is 0 Å². The SMILES string of the molecule is Cc1cc(N2CCN(c3ccncc3C(N)=O)CC2)nc(C)n1. The zero-order valence-corrected chi connectivity index (χ0v) is 13.4. The number of nitrogens with two attached hydrogens (primary N) is 1. The molecule has 23 heavy (non-hydrogen) atoms. The van der Waals surface area contributed by atoms with Crippen molar-refractivity contribution < 1.29 is 4.79 Å². The van der Waals surface area contributed by atoms with Crippen LogP contribution in [0.4, 0.5) is 11.5 Å². The number of aromatic nitrogens is 3. The van der Waals surface area contributed by atoms with Crippen LogP contribution in [0.25, 0.3) is 0 Å². The molecule has 2 N–H and O–H groups in total. The summed E-state index contributed by atoms with van der Waals surface area (Å²) in [7, 11) is 0. The second-order valence-corrected chi connectivity index (χ2v) is 5.65. The molecule has 3 heterocycles. The van der Waals surface area contributed by atoms with Crippen LogP contribution < -0.4 is 15.5 Å². The molecule has 1 aliphatic rings. The highest BCUT2D eigenvalue weighted by molar-refractivity contribution is 5.98. The van der Waals surface area contributed by atoms with Gasteiger partial charge in [0.05, 0.1) is 11.3 Å². The summed E-state index contributed by atoms with van der Waals surface area (Å²) in [4.78, 5) is 28.8. The number of carbonyl (C=O) groups is 1. The molecule has 0 aliphatic carbocycles. The average Bonchev–Trinajstić information content (AvgIpc) is 2.54. The molecule has 1 fully saturated rings. The molecule has 3 rings (SSSR count). The minimum atomic E-state index is -0.447. The summed E-state index contributed by atoms with van der Waals surface area (Å²) in [5.41, 5.74) is 7.73. The van der Waals surface area contributed by atoms with E-state index in [-0.39, 0.29) is 0 Å². The largest absolute Gasteiger partial charge is 0.367 e. The number of hydrogen-bond acceptors (Lipinski definition) is 6. The first-order valence-electron chi connectivity index (χ1n) is 7.60. The Bertz CT molecular complexity index is 704. The zero-order chi connectivity index (χ0) is 16.4. The molecule has 2 aromatic rings. The first kappa shape index (κ1) is 15.2. The van der Waals surface area contributed by atoms with Crippen LogP contribution >= 0.6 is 0 Å². The summed E-state index contributed by atoms with van der Waals surface area (Å²) in [6, 6.07) is 3.85. The first-order valence-corrected chi connectivity index (χ1v) is 7.60. The highest BCUT2D eigenvalue weighted by atomic mass is 16.1. The van der Waals surface area contributed by atoms with Crippen LogP contribution in [-0.4, -0.2) is 47.0 Å². The van der Waals surface area contributed by atoms with Gasteiger partial charge >= 0.3 is 0 Å². The Morgan fingerprint density at radius 1 is 1.13 bits per heavy atom. The third-order valence-electron chi connectivity index (χ3n) is 3.96. The van der Waals surface area contributed by atoms with E-state index < -0.39 is 5.91 Å². The van der Waals surface area contributed by atoms with Crippen LogP contribution in [0, 0.1) is 13.8 Å². The van der Waals surface area contributed by atoms with Crippen molar-refractivity contribution >= 4 is 17.4 Å². The molecule has 1 saturated heterocycles. The zero-order valence-electron chi connectivity index (χ0n) is 13.4. The maximum absolute atomic E-state index is 11.6. The van der Waals surface area contributed by atoms with Crippen LogP contribution in [-0.2, 0) is 0 Å². The lowest BCUT2D eigenvalue weighted by molar-refractivity contribution is 0.100. The average molecular weight is 312 g/mol. The Labute approximate surface area is 135 Å². The predicted octanol–water partition coefficient (Wildman–Crippen LogP) is 0.914. The third kappa shape index (κ3) is 3.23. The molecule has 7 heteroatoms. The van der Waals surface area contributed by atoms with E-state index in [2.05, 4.69) is 24.8 Å². The Morgan fingerprint density at radius 2 is 1.83 bits per heavy atom. The van der Waals surface area contributed by atoms with Crippen molar-refractivity contribution in [3.8, 4) is 0 Å². The fraction of sp³-hybridized carbons (Fsp3) is 0.375. The van der Waals surface area contributed by atoms with Crippen LogP contribution in [0.15, 0.2) is 24.5 Å². The Hall–Kier alpha value is -2.70. The van der Waals surface area contributed by atoms with Crippen molar-refractivity contribution in [2.24, 2.45) is 5.73 Å². The van der Waals surface area contributed by atoms with Crippen LogP contribution in [0.5, 0.6) is 0 Å². The molecule has 7 nitrogen and oxygen atoms in total. The van der Waals surface area contributed by atoms with Gasteiger partial charge in [-0.25, -0.2) is 9.97 Å². The Morgan fingerprint density at radius 3 is 2.48 bits per heavy atom. The number of amides is 1. The molecule has 2 aromatic heterocycles. The summed E-state index contributed by atoms with van der Waals surface area (Å²) < 4.78 is 0. The second-order valence-electron chi connectivity index (χ2n) is 5.65. The fourth-order valence-electron chi connectivity index (χ4n) is 2.89. The molecular formula is C16H20N6O. The van der Waals surface area contributed by atoms with E-state index in [1.54, 1.807) is 6.20 Å². The number of anilines is 2. The van der Waals surface area contributed by atoms with Gasteiger partial charge in [-0.1, -0.05) is 0 Å². The van der Waals surface area contributed by atoms with Gasteiger partial charge in [-0.3, -0.25) is 9.78 Å². The van der Waals surface area contributed by atoms with E-state index >= 15 is 0 Å². The minimum Gasteiger partial charge on any atom is -0.367 e. The topological polar surface area (TPSA) is 88.2 Å². The maximum Gasteiger partial charge on any atom is 0.252 e. The molecule has 1 aliphatic heterocycles. The number of primary amides is 1. The first-order chi connectivity index (χ1) is 11.0. The van der Waals surface area contributed by atoms with E-state index in [0.29, 0.717) is 5.56 Å². The van der Waals surface area contributed by atoms with Crippen molar-refractivity contribution in [3.63, 3.8) is 0 Å². The molecule has 0 saturated carbocycles. The van der Waals surface area contributed by atoms with Crippen LogP contribution in [0.2, 0.25) is 0 Å². The van der Waals surface area contributed by atoms with Crippen molar-refractivity contribution in [2.75, 3.05) is 36.0 Å². The van der Waals surface area contributed by atoms with E-state index in [9.17, 15) is 4.79 Å². The smallest absolute Gasteiger partial charge is 0.252 e. The van der Waals surface area contributed by atoms with E-state index in [0.717, 1.165) is 49.2 Å². The van der Waals surface area contributed by atoms with Gasteiger partial charge < -0.3 is 15.5 Å². The summed E-state index contributed by atoms with van der Waals surface area (Å²) in [5.74, 6) is 1.30. The van der Waals surface area contributed by atoms with Crippen molar-refractivity contribution in [2.45, 2.75) is 13.8 Å². The van der Waals surface area contributed by atoms with Gasteiger partial charge in [-0.15, -0.1) is 0 Å². The predicted molar refractivity (Wildman–Crippen MR) is 88.7 cm³/mol. The maximum atomic E-state index is 11.6. The highest BCUT2D eigenvalue weighted by Crippen LogP contribution is 2.22. The molecule has 0 atom stereocenters. The van der Waals surface area contributed by atoms with E-state index in [1.165, 1.54) is 6.20 Å². The van der Waals surface area contributed by atoms with Crippen molar-refractivity contribution in [1.29, 1.82) is 0 Å². The lowest BCUT2D eigenvalue weighted by Crippen LogP contribution is -2.47. The molecule has 0 spiro atoms. The van der Waals surface area contributed by atoms with E-state index in [4.69, 9.17) is 5.73 Å². The Kier molecular flexibility index (Phi) is 4.10. The number of rotatable bonds is 3. The number of pyridine rings is 1. The lowest BCUT2D eigenvalue weighted by atomic mass is 10.2.